The lowest BCUT2D eigenvalue weighted by Gasteiger charge is -2.13. The van der Waals surface area contributed by atoms with Gasteiger partial charge in [-0.2, -0.15) is 5.10 Å². The number of aromatic nitrogens is 4. The van der Waals surface area contributed by atoms with E-state index in [2.05, 4.69) is 55.2 Å². The highest BCUT2D eigenvalue weighted by Gasteiger charge is 2.27. The maximum absolute atomic E-state index is 5.93. The van der Waals surface area contributed by atoms with Crippen LogP contribution in [0.3, 0.4) is 0 Å². The Morgan fingerprint density at radius 2 is 2.12 bits per heavy atom. The molecule has 1 atom stereocenters. The predicted octanol–water partition coefficient (Wildman–Crippen LogP) is 5.17. The zero-order valence-corrected chi connectivity index (χ0v) is 20.9. The van der Waals surface area contributed by atoms with Gasteiger partial charge in [-0.05, 0) is 68.0 Å². The van der Waals surface area contributed by atoms with Crippen LogP contribution in [0.1, 0.15) is 53.6 Å². The summed E-state index contributed by atoms with van der Waals surface area (Å²) in [6, 6.07) is 8.55. The van der Waals surface area contributed by atoms with Gasteiger partial charge in [0, 0.05) is 30.1 Å². The van der Waals surface area contributed by atoms with E-state index in [1.54, 1.807) is 6.21 Å². The Morgan fingerprint density at radius 3 is 2.82 bits per heavy atom. The first-order valence-corrected chi connectivity index (χ1v) is 12.2. The van der Waals surface area contributed by atoms with Crippen molar-refractivity contribution in [2.24, 2.45) is 4.99 Å². The molecule has 1 fully saturated rings. The van der Waals surface area contributed by atoms with Gasteiger partial charge < -0.3 is 10.5 Å². The number of benzene rings is 1. The minimum absolute atomic E-state index is 0.261. The summed E-state index contributed by atoms with van der Waals surface area (Å²) in [5, 5.41) is 4.78. The van der Waals surface area contributed by atoms with E-state index in [9.17, 15) is 0 Å². The van der Waals surface area contributed by atoms with E-state index >= 15 is 0 Å². The van der Waals surface area contributed by atoms with Gasteiger partial charge in [0.1, 0.15) is 12.3 Å². The SMILES string of the molecule is C=C(/N=C\C=C/C)OCc1ccc(C2CC2)c(Cc2cn(CP)nc2-c2cc(C)nc(N)n2)c1. The van der Waals surface area contributed by atoms with Crippen LogP contribution in [0.25, 0.3) is 11.4 Å². The van der Waals surface area contributed by atoms with Gasteiger partial charge in [0.15, 0.2) is 0 Å². The monoisotopic (exact) mass is 474 g/mol. The smallest absolute Gasteiger partial charge is 0.220 e. The molecule has 2 N–H and O–H groups in total. The molecule has 176 valence electrons. The van der Waals surface area contributed by atoms with Crippen molar-refractivity contribution in [2.45, 2.75) is 51.9 Å². The van der Waals surface area contributed by atoms with E-state index in [1.165, 1.54) is 24.0 Å². The van der Waals surface area contributed by atoms with E-state index in [4.69, 9.17) is 15.6 Å². The number of nitrogen functional groups attached to an aromatic ring is 1. The van der Waals surface area contributed by atoms with Crippen LogP contribution in [0.5, 0.6) is 0 Å². The van der Waals surface area contributed by atoms with Gasteiger partial charge in [-0.1, -0.05) is 24.3 Å². The molecule has 0 radical (unpaired) electrons. The summed E-state index contributed by atoms with van der Waals surface area (Å²) in [5.74, 6) is 1.28. The third kappa shape index (κ3) is 5.97. The molecule has 1 aliphatic rings. The lowest BCUT2D eigenvalue weighted by Crippen LogP contribution is -2.01. The van der Waals surface area contributed by atoms with Crippen molar-refractivity contribution in [3.63, 3.8) is 0 Å². The van der Waals surface area contributed by atoms with Crippen LogP contribution >= 0.6 is 9.24 Å². The Morgan fingerprint density at radius 1 is 1.29 bits per heavy atom. The molecule has 1 unspecified atom stereocenters. The van der Waals surface area contributed by atoms with Gasteiger partial charge in [-0.15, -0.1) is 9.24 Å². The quantitative estimate of drug-likeness (QED) is 0.249. The number of ether oxygens (including phenoxy) is 1. The molecule has 1 aromatic carbocycles. The van der Waals surface area contributed by atoms with Crippen molar-refractivity contribution in [3.05, 3.63) is 83.0 Å². The molecule has 8 heteroatoms. The first kappa shape index (κ1) is 23.8. The van der Waals surface area contributed by atoms with Gasteiger partial charge in [-0.3, -0.25) is 4.68 Å². The fraction of sp³-hybridized carbons (Fsp3) is 0.308. The third-order valence-corrected chi connectivity index (χ3v) is 6.02. The fourth-order valence-corrected chi connectivity index (χ4v) is 4.12. The van der Waals surface area contributed by atoms with Gasteiger partial charge in [0.05, 0.1) is 12.0 Å². The number of aryl methyl sites for hydroxylation is 1. The molecule has 3 aromatic rings. The predicted molar refractivity (Wildman–Crippen MR) is 141 cm³/mol. The first-order chi connectivity index (χ1) is 16.5. The number of hydrogen-bond acceptors (Lipinski definition) is 6. The molecular weight excluding hydrogens is 443 g/mol. The summed E-state index contributed by atoms with van der Waals surface area (Å²) in [6.45, 7) is 8.14. The molecule has 1 saturated carbocycles. The Balaban J connectivity index is 1.62. The molecule has 2 heterocycles. The molecule has 2 aromatic heterocycles. The lowest BCUT2D eigenvalue weighted by atomic mass is 9.94. The fourth-order valence-electron chi connectivity index (χ4n) is 3.93. The van der Waals surface area contributed by atoms with Crippen molar-refractivity contribution in [1.29, 1.82) is 0 Å². The minimum Gasteiger partial charge on any atom is -0.473 e. The van der Waals surface area contributed by atoms with Crippen LogP contribution in [-0.4, -0.2) is 26.0 Å². The average molecular weight is 475 g/mol. The summed E-state index contributed by atoms with van der Waals surface area (Å²) < 4.78 is 7.68. The average Bonchev–Trinajstić information content (AvgIpc) is 3.57. The van der Waals surface area contributed by atoms with Gasteiger partial charge in [0.25, 0.3) is 0 Å². The molecule has 0 amide bonds. The standard InChI is InChI=1S/C26H31N6OP/c1-4-5-10-28-18(3)33-15-19-6-9-23(20-7-8-20)21(12-19)13-22-14-32(16-34)31-25(22)24-11-17(2)29-26(27)30-24/h4-6,9-12,14,20H,3,7-8,13,15-16,34H2,1-2H3,(H2,27,29,30)/b5-4-,28-10-. The number of nitrogens with two attached hydrogens (primary N) is 1. The zero-order chi connectivity index (χ0) is 24.1. The van der Waals surface area contributed by atoms with Crippen LogP contribution in [0.4, 0.5) is 5.95 Å². The molecule has 0 bridgehead atoms. The van der Waals surface area contributed by atoms with Crippen LogP contribution in [0.2, 0.25) is 0 Å². The van der Waals surface area contributed by atoms with Gasteiger partial charge in [0.2, 0.25) is 11.8 Å². The van der Waals surface area contributed by atoms with E-state index < -0.39 is 0 Å². The van der Waals surface area contributed by atoms with Crippen LogP contribution in [-0.2, 0) is 24.1 Å². The Hall–Kier alpha value is -3.31. The molecule has 0 aliphatic heterocycles. The first-order valence-electron chi connectivity index (χ1n) is 11.4. The Labute approximate surface area is 203 Å². The molecule has 1 aliphatic carbocycles. The zero-order valence-electron chi connectivity index (χ0n) is 19.7. The summed E-state index contributed by atoms with van der Waals surface area (Å²) in [6.07, 6.45) is 11.4. The van der Waals surface area contributed by atoms with E-state index in [1.807, 2.05) is 36.7 Å². The second-order valence-corrected chi connectivity index (χ2v) is 8.81. The molecule has 0 saturated heterocycles. The highest BCUT2D eigenvalue weighted by molar-refractivity contribution is 7.15. The highest BCUT2D eigenvalue weighted by atomic mass is 31.0. The maximum atomic E-state index is 5.93. The number of anilines is 1. The van der Waals surface area contributed by atoms with Crippen molar-refractivity contribution >= 4 is 21.4 Å². The maximum Gasteiger partial charge on any atom is 0.220 e. The van der Waals surface area contributed by atoms with Crippen molar-refractivity contribution in [3.8, 4) is 11.4 Å². The van der Waals surface area contributed by atoms with E-state index in [0.717, 1.165) is 34.6 Å². The Bertz CT molecular complexity index is 1220. The van der Waals surface area contributed by atoms with Crippen LogP contribution in [0, 0.1) is 6.92 Å². The number of aliphatic imine (C=N–C) groups is 1. The minimum atomic E-state index is 0.261. The molecular formula is C26H31N6OP. The molecule has 4 rings (SSSR count). The number of allylic oxidation sites excluding steroid dienone is 2. The summed E-state index contributed by atoms with van der Waals surface area (Å²) >= 11 is 0. The van der Waals surface area contributed by atoms with E-state index in [-0.39, 0.29) is 5.95 Å². The second-order valence-electron chi connectivity index (χ2n) is 8.45. The third-order valence-electron chi connectivity index (χ3n) is 5.65. The Kier molecular flexibility index (Phi) is 7.53. The number of rotatable bonds is 10. The summed E-state index contributed by atoms with van der Waals surface area (Å²) in [5.41, 5.74) is 13.2. The highest BCUT2D eigenvalue weighted by Crippen LogP contribution is 2.42. The number of nitrogens with zero attached hydrogens (tertiary/aromatic N) is 5. The van der Waals surface area contributed by atoms with Crippen molar-refractivity contribution in [2.75, 3.05) is 5.73 Å². The molecule has 34 heavy (non-hydrogen) atoms. The summed E-state index contributed by atoms with van der Waals surface area (Å²) in [7, 11) is 2.72. The number of hydrogen-bond donors (Lipinski definition) is 1. The van der Waals surface area contributed by atoms with E-state index in [0.29, 0.717) is 24.7 Å². The van der Waals surface area contributed by atoms with Gasteiger partial charge >= 0.3 is 0 Å². The largest absolute Gasteiger partial charge is 0.473 e. The van der Waals surface area contributed by atoms with Crippen molar-refractivity contribution in [1.82, 2.24) is 19.7 Å². The van der Waals surface area contributed by atoms with Crippen LogP contribution in [0.15, 0.2) is 60.1 Å². The second kappa shape index (κ2) is 10.7. The van der Waals surface area contributed by atoms with Crippen molar-refractivity contribution < 1.29 is 4.74 Å². The molecule has 0 spiro atoms. The normalized spacial score (nSPS) is 13.7. The van der Waals surface area contributed by atoms with Gasteiger partial charge in [-0.25, -0.2) is 15.0 Å². The lowest BCUT2D eigenvalue weighted by molar-refractivity contribution is 0.198. The molecule has 7 nitrogen and oxygen atoms in total. The summed E-state index contributed by atoms with van der Waals surface area (Å²) in [4.78, 5) is 12.8. The topological polar surface area (TPSA) is 91.2 Å². The van der Waals surface area contributed by atoms with Crippen LogP contribution < -0.4 is 5.73 Å².